The van der Waals surface area contributed by atoms with Crippen LogP contribution in [0.15, 0.2) is 36.7 Å². The highest BCUT2D eigenvalue weighted by Gasteiger charge is 2.07. The third-order valence-electron chi connectivity index (χ3n) is 2.63. The summed E-state index contributed by atoms with van der Waals surface area (Å²) in [6, 6.07) is 7.80. The molecular formula is C13H15ClN4. The Morgan fingerprint density at radius 2 is 2.06 bits per heavy atom. The van der Waals surface area contributed by atoms with Gasteiger partial charge in [-0.1, -0.05) is 29.8 Å². The number of nitrogens with zero attached hydrogens (tertiary/aromatic N) is 3. The summed E-state index contributed by atoms with van der Waals surface area (Å²) >= 11 is 6.14. The molecule has 0 aliphatic carbocycles. The van der Waals surface area contributed by atoms with E-state index < -0.39 is 0 Å². The molecule has 0 spiro atoms. The second-order valence-corrected chi connectivity index (χ2v) is 4.37. The van der Waals surface area contributed by atoms with Gasteiger partial charge >= 0.3 is 0 Å². The van der Waals surface area contributed by atoms with Crippen molar-refractivity contribution in [1.29, 1.82) is 0 Å². The third kappa shape index (κ3) is 2.90. The van der Waals surface area contributed by atoms with Crippen LogP contribution in [0.4, 0.5) is 11.6 Å². The summed E-state index contributed by atoms with van der Waals surface area (Å²) in [5, 5.41) is 3.74. The van der Waals surface area contributed by atoms with Gasteiger partial charge < -0.3 is 10.2 Å². The average Bonchev–Trinajstić information content (AvgIpc) is 2.41. The molecule has 2 aromatic rings. The number of rotatable bonds is 4. The highest BCUT2D eigenvalue weighted by molar-refractivity contribution is 6.31. The molecular weight excluding hydrogens is 248 g/mol. The van der Waals surface area contributed by atoms with E-state index in [0.717, 1.165) is 22.2 Å². The molecule has 0 radical (unpaired) electrons. The molecule has 1 N–H and O–H groups in total. The molecule has 1 heterocycles. The predicted octanol–water partition coefficient (Wildman–Crippen LogP) is 2.81. The summed E-state index contributed by atoms with van der Waals surface area (Å²) in [6.07, 6.45) is 3.42. The highest BCUT2D eigenvalue weighted by atomic mass is 35.5. The normalized spacial score (nSPS) is 10.2. The summed E-state index contributed by atoms with van der Waals surface area (Å²) < 4.78 is 0. The van der Waals surface area contributed by atoms with Crippen molar-refractivity contribution in [2.45, 2.75) is 6.54 Å². The van der Waals surface area contributed by atoms with Gasteiger partial charge in [0.1, 0.15) is 11.6 Å². The predicted molar refractivity (Wildman–Crippen MR) is 75.1 cm³/mol. The van der Waals surface area contributed by atoms with E-state index in [1.807, 2.05) is 43.3 Å². The Morgan fingerprint density at radius 3 is 2.78 bits per heavy atom. The zero-order chi connectivity index (χ0) is 13.0. The van der Waals surface area contributed by atoms with Gasteiger partial charge in [0.15, 0.2) is 0 Å². The number of hydrogen-bond acceptors (Lipinski definition) is 4. The lowest BCUT2D eigenvalue weighted by atomic mass is 10.2. The second-order valence-electron chi connectivity index (χ2n) is 3.96. The summed E-state index contributed by atoms with van der Waals surface area (Å²) in [5.41, 5.74) is 1.07. The highest BCUT2D eigenvalue weighted by Crippen LogP contribution is 2.19. The van der Waals surface area contributed by atoms with Crippen LogP contribution in [-0.4, -0.2) is 24.1 Å². The average molecular weight is 263 g/mol. The van der Waals surface area contributed by atoms with Gasteiger partial charge in [0.05, 0.1) is 12.4 Å². The Balaban J connectivity index is 2.16. The molecule has 1 aromatic carbocycles. The molecule has 4 nitrogen and oxygen atoms in total. The van der Waals surface area contributed by atoms with Crippen molar-refractivity contribution in [2.75, 3.05) is 24.3 Å². The molecule has 0 saturated carbocycles. The summed E-state index contributed by atoms with van der Waals surface area (Å²) in [7, 11) is 3.79. The Kier molecular flexibility index (Phi) is 3.99. The molecule has 1 aromatic heterocycles. The van der Waals surface area contributed by atoms with Gasteiger partial charge in [0.2, 0.25) is 0 Å². The number of aromatic nitrogens is 2. The molecule has 0 aliphatic heterocycles. The fourth-order valence-electron chi connectivity index (χ4n) is 1.62. The zero-order valence-corrected chi connectivity index (χ0v) is 11.1. The number of hydrogen-bond donors (Lipinski definition) is 1. The lowest BCUT2D eigenvalue weighted by Crippen LogP contribution is -2.18. The lowest BCUT2D eigenvalue weighted by molar-refractivity contribution is 0.891. The van der Waals surface area contributed by atoms with Gasteiger partial charge in [0.25, 0.3) is 0 Å². The minimum absolute atomic E-state index is 0.696. The Hall–Kier alpha value is -1.81. The minimum Gasteiger partial charge on any atom is -0.372 e. The molecule has 18 heavy (non-hydrogen) atoms. The first-order valence-corrected chi connectivity index (χ1v) is 6.03. The lowest BCUT2D eigenvalue weighted by Gasteiger charge is -2.19. The molecule has 0 aliphatic rings. The molecule has 2 rings (SSSR count). The van der Waals surface area contributed by atoms with E-state index in [9.17, 15) is 0 Å². The van der Waals surface area contributed by atoms with Gasteiger partial charge in [-0.3, -0.25) is 4.98 Å². The van der Waals surface area contributed by atoms with Crippen molar-refractivity contribution >= 4 is 23.2 Å². The van der Waals surface area contributed by atoms with E-state index in [0.29, 0.717) is 6.54 Å². The first-order valence-electron chi connectivity index (χ1n) is 5.65. The summed E-state index contributed by atoms with van der Waals surface area (Å²) in [5.74, 6) is 1.56. The van der Waals surface area contributed by atoms with E-state index in [-0.39, 0.29) is 0 Å². The van der Waals surface area contributed by atoms with Crippen LogP contribution in [0.2, 0.25) is 5.02 Å². The first-order chi connectivity index (χ1) is 8.70. The SMILES string of the molecule is CNc1cncc(N(C)Cc2ccccc2Cl)n1. The van der Waals surface area contributed by atoms with Crippen molar-refractivity contribution < 1.29 is 0 Å². The van der Waals surface area contributed by atoms with Crippen LogP contribution in [0, 0.1) is 0 Å². The molecule has 0 amide bonds. The van der Waals surface area contributed by atoms with E-state index in [1.54, 1.807) is 12.4 Å². The van der Waals surface area contributed by atoms with Crippen LogP contribution in [0.3, 0.4) is 0 Å². The van der Waals surface area contributed by atoms with Gasteiger partial charge in [-0.15, -0.1) is 0 Å². The maximum Gasteiger partial charge on any atom is 0.149 e. The monoisotopic (exact) mass is 262 g/mol. The van der Waals surface area contributed by atoms with Crippen LogP contribution in [0.5, 0.6) is 0 Å². The molecule has 5 heteroatoms. The maximum absolute atomic E-state index is 6.14. The topological polar surface area (TPSA) is 41.1 Å². The molecule has 0 fully saturated rings. The zero-order valence-electron chi connectivity index (χ0n) is 10.4. The fourth-order valence-corrected chi connectivity index (χ4v) is 1.82. The van der Waals surface area contributed by atoms with Crippen LogP contribution in [0.25, 0.3) is 0 Å². The number of halogens is 1. The number of nitrogens with one attached hydrogen (secondary N) is 1. The second kappa shape index (κ2) is 5.69. The van der Waals surface area contributed by atoms with Crippen molar-refractivity contribution in [3.63, 3.8) is 0 Å². The Labute approximate surface area is 112 Å². The Morgan fingerprint density at radius 1 is 1.28 bits per heavy atom. The van der Waals surface area contributed by atoms with Crippen LogP contribution >= 0.6 is 11.6 Å². The van der Waals surface area contributed by atoms with Crippen molar-refractivity contribution in [2.24, 2.45) is 0 Å². The smallest absolute Gasteiger partial charge is 0.149 e. The molecule has 94 valence electrons. The van der Waals surface area contributed by atoms with E-state index in [4.69, 9.17) is 11.6 Å². The molecule has 0 unspecified atom stereocenters. The minimum atomic E-state index is 0.696. The number of anilines is 2. The van der Waals surface area contributed by atoms with Crippen LogP contribution in [0.1, 0.15) is 5.56 Å². The fraction of sp³-hybridized carbons (Fsp3) is 0.231. The van der Waals surface area contributed by atoms with E-state index in [1.165, 1.54) is 0 Å². The summed E-state index contributed by atoms with van der Waals surface area (Å²) in [6.45, 7) is 0.696. The van der Waals surface area contributed by atoms with Gasteiger partial charge in [-0.2, -0.15) is 0 Å². The van der Waals surface area contributed by atoms with Crippen LogP contribution < -0.4 is 10.2 Å². The van der Waals surface area contributed by atoms with Gasteiger partial charge in [-0.25, -0.2) is 4.98 Å². The van der Waals surface area contributed by atoms with Gasteiger partial charge in [-0.05, 0) is 11.6 Å². The van der Waals surface area contributed by atoms with Crippen LogP contribution in [-0.2, 0) is 6.54 Å². The first kappa shape index (κ1) is 12.6. The van der Waals surface area contributed by atoms with E-state index >= 15 is 0 Å². The molecule has 0 bridgehead atoms. The molecule has 0 saturated heterocycles. The largest absolute Gasteiger partial charge is 0.372 e. The van der Waals surface area contributed by atoms with Crippen molar-refractivity contribution in [3.05, 3.63) is 47.2 Å². The molecule has 0 atom stereocenters. The number of benzene rings is 1. The van der Waals surface area contributed by atoms with Gasteiger partial charge in [0, 0.05) is 25.7 Å². The standard InChI is InChI=1S/C13H15ClN4/c1-15-12-7-16-8-13(17-12)18(2)9-10-5-3-4-6-11(10)14/h3-8H,9H2,1-2H3,(H,15,17). The maximum atomic E-state index is 6.14. The third-order valence-corrected chi connectivity index (χ3v) is 3.00. The summed E-state index contributed by atoms with van der Waals surface area (Å²) in [4.78, 5) is 10.6. The quantitative estimate of drug-likeness (QED) is 0.920. The van der Waals surface area contributed by atoms with Crippen molar-refractivity contribution in [1.82, 2.24) is 9.97 Å². The Bertz CT molecular complexity index is 530. The van der Waals surface area contributed by atoms with E-state index in [2.05, 4.69) is 15.3 Å². The van der Waals surface area contributed by atoms with Crippen molar-refractivity contribution in [3.8, 4) is 0 Å².